The van der Waals surface area contributed by atoms with Crippen LogP contribution in [-0.2, 0) is 10.9 Å². The van der Waals surface area contributed by atoms with Crippen molar-refractivity contribution in [1.82, 2.24) is 20.3 Å². The molecule has 0 amide bonds. The standard InChI is InChI=1S/C30H27F5N6O/c1-3-20-23(31)7-6-17-13-18(30(33,34)35)14-21(24(17)20)26-25(32)27-22(15-37-26)28(40(2)16-19-5-4-8-36-19)39-29(38-27)41-9-11-42-12-10-41/h1,6-7,13-15,19,36H,4-5,8-12,16H2,2H3/t19-/m1/s1. The minimum atomic E-state index is -4.75. The molecule has 12 heteroatoms. The summed E-state index contributed by atoms with van der Waals surface area (Å²) in [7, 11) is 1.85. The molecule has 2 aromatic heterocycles. The van der Waals surface area contributed by atoms with E-state index >= 15 is 4.39 Å². The Kier molecular flexibility index (Phi) is 7.32. The third-order valence-corrected chi connectivity index (χ3v) is 7.76. The second-order valence-corrected chi connectivity index (χ2v) is 10.5. The van der Waals surface area contributed by atoms with Crippen molar-refractivity contribution in [2.24, 2.45) is 0 Å². The molecule has 7 nitrogen and oxygen atoms in total. The number of pyridine rings is 1. The summed E-state index contributed by atoms with van der Waals surface area (Å²) in [6.07, 6.45) is 4.20. The van der Waals surface area contributed by atoms with Crippen LogP contribution in [0.3, 0.4) is 0 Å². The Bertz CT molecular complexity index is 1710. The SMILES string of the molecule is C#Cc1c(F)ccc2cc(C(F)(F)F)cc(-c3ncc4c(N(C)C[C@H]5CCCN5)nc(N5CCOCC5)nc4c3F)c12. The number of benzene rings is 2. The summed E-state index contributed by atoms with van der Waals surface area (Å²) in [5.74, 6) is 1.16. The Morgan fingerprint density at radius 3 is 2.64 bits per heavy atom. The quantitative estimate of drug-likeness (QED) is 0.258. The van der Waals surface area contributed by atoms with Gasteiger partial charge in [0.05, 0.1) is 29.7 Å². The maximum absolute atomic E-state index is 16.6. The number of hydrogen-bond donors (Lipinski definition) is 1. The lowest BCUT2D eigenvalue weighted by Gasteiger charge is -2.29. The van der Waals surface area contributed by atoms with Gasteiger partial charge in [-0.25, -0.2) is 13.8 Å². The van der Waals surface area contributed by atoms with Crippen LogP contribution in [0.1, 0.15) is 24.0 Å². The molecule has 0 aliphatic carbocycles. The van der Waals surface area contributed by atoms with Crippen LogP contribution in [0.25, 0.3) is 32.9 Å². The van der Waals surface area contributed by atoms with E-state index in [0.29, 0.717) is 44.1 Å². The first-order valence-electron chi connectivity index (χ1n) is 13.6. The maximum atomic E-state index is 16.6. The highest BCUT2D eigenvalue weighted by molar-refractivity contribution is 6.02. The van der Waals surface area contributed by atoms with Gasteiger partial charge in [-0.15, -0.1) is 6.42 Å². The van der Waals surface area contributed by atoms with E-state index in [4.69, 9.17) is 16.1 Å². The molecule has 1 atom stereocenters. The minimum Gasteiger partial charge on any atom is -0.378 e. The highest BCUT2D eigenvalue weighted by Crippen LogP contribution is 2.41. The molecule has 2 fully saturated rings. The molecule has 0 unspecified atom stereocenters. The molecule has 1 N–H and O–H groups in total. The zero-order valence-electron chi connectivity index (χ0n) is 22.7. The molecule has 218 valence electrons. The Morgan fingerprint density at radius 1 is 1.17 bits per heavy atom. The number of aromatic nitrogens is 3. The van der Waals surface area contributed by atoms with E-state index < -0.39 is 29.1 Å². The summed E-state index contributed by atoms with van der Waals surface area (Å²) < 4.78 is 78.5. The summed E-state index contributed by atoms with van der Waals surface area (Å²) in [5.41, 5.74) is -2.12. The minimum absolute atomic E-state index is 0.0108. The number of ether oxygens (including phenoxy) is 1. The summed E-state index contributed by atoms with van der Waals surface area (Å²) in [4.78, 5) is 17.4. The molecule has 0 bridgehead atoms. The zero-order chi connectivity index (χ0) is 29.6. The first kappa shape index (κ1) is 28.1. The van der Waals surface area contributed by atoms with Gasteiger partial charge in [0, 0.05) is 49.9 Å². The lowest BCUT2D eigenvalue weighted by molar-refractivity contribution is -0.137. The maximum Gasteiger partial charge on any atom is 0.416 e. The number of halogens is 5. The lowest BCUT2D eigenvalue weighted by Crippen LogP contribution is -2.38. The van der Waals surface area contributed by atoms with Gasteiger partial charge in [-0.1, -0.05) is 12.0 Å². The van der Waals surface area contributed by atoms with Gasteiger partial charge in [-0.2, -0.15) is 18.2 Å². The Morgan fingerprint density at radius 2 is 1.95 bits per heavy atom. The largest absolute Gasteiger partial charge is 0.416 e. The number of fused-ring (bicyclic) bond motifs is 2. The van der Waals surface area contributed by atoms with Crippen LogP contribution in [0.2, 0.25) is 0 Å². The normalized spacial score (nSPS) is 17.6. The van der Waals surface area contributed by atoms with E-state index in [0.717, 1.165) is 37.6 Å². The third-order valence-electron chi connectivity index (χ3n) is 7.76. The van der Waals surface area contributed by atoms with E-state index in [1.165, 1.54) is 12.3 Å². The number of hydrogen-bond acceptors (Lipinski definition) is 7. The van der Waals surface area contributed by atoms with Gasteiger partial charge in [0.15, 0.2) is 5.82 Å². The van der Waals surface area contributed by atoms with Gasteiger partial charge >= 0.3 is 6.18 Å². The number of terminal acetylenes is 1. The molecule has 0 radical (unpaired) electrons. The van der Waals surface area contributed by atoms with Crippen molar-refractivity contribution < 1.29 is 26.7 Å². The lowest BCUT2D eigenvalue weighted by atomic mass is 9.93. The first-order valence-corrected chi connectivity index (χ1v) is 13.6. The van der Waals surface area contributed by atoms with Gasteiger partial charge in [-0.3, -0.25) is 4.98 Å². The van der Waals surface area contributed by atoms with Crippen molar-refractivity contribution >= 4 is 33.4 Å². The Labute approximate surface area is 238 Å². The predicted octanol–water partition coefficient (Wildman–Crippen LogP) is 5.15. The van der Waals surface area contributed by atoms with Crippen LogP contribution in [0, 0.1) is 24.0 Å². The zero-order valence-corrected chi connectivity index (χ0v) is 22.7. The average molecular weight is 583 g/mol. The molecule has 2 aliphatic heterocycles. The molecule has 42 heavy (non-hydrogen) atoms. The summed E-state index contributed by atoms with van der Waals surface area (Å²) in [6, 6.07) is 4.02. The van der Waals surface area contributed by atoms with Gasteiger partial charge in [0.1, 0.15) is 22.8 Å². The number of anilines is 2. The second kappa shape index (κ2) is 11.0. The number of morpholine rings is 1. The molecular weight excluding hydrogens is 555 g/mol. The van der Waals surface area contributed by atoms with Crippen molar-refractivity contribution in [3.63, 3.8) is 0 Å². The predicted molar refractivity (Wildman–Crippen MR) is 150 cm³/mol. The van der Waals surface area contributed by atoms with Crippen LogP contribution in [0.5, 0.6) is 0 Å². The van der Waals surface area contributed by atoms with E-state index in [1.807, 2.05) is 16.8 Å². The fourth-order valence-corrected chi connectivity index (χ4v) is 5.68. The number of nitrogens with zero attached hydrogens (tertiary/aromatic N) is 5. The monoisotopic (exact) mass is 582 g/mol. The van der Waals surface area contributed by atoms with Crippen molar-refractivity contribution in [2.75, 3.05) is 56.2 Å². The van der Waals surface area contributed by atoms with Crippen molar-refractivity contribution in [1.29, 1.82) is 0 Å². The van der Waals surface area contributed by atoms with Gasteiger partial charge in [-0.05, 0) is 43.0 Å². The van der Waals surface area contributed by atoms with Crippen LogP contribution in [-0.4, -0.2) is 67.4 Å². The van der Waals surface area contributed by atoms with E-state index in [-0.39, 0.29) is 39.4 Å². The summed E-state index contributed by atoms with van der Waals surface area (Å²) in [5, 5.41) is 3.71. The number of nitrogens with one attached hydrogen (secondary N) is 1. The van der Waals surface area contributed by atoms with E-state index in [1.54, 1.807) is 0 Å². The molecule has 2 aromatic carbocycles. The van der Waals surface area contributed by atoms with Crippen LogP contribution in [0.15, 0.2) is 30.5 Å². The molecule has 4 heterocycles. The molecule has 6 rings (SSSR count). The number of rotatable bonds is 5. The topological polar surface area (TPSA) is 66.4 Å². The highest BCUT2D eigenvalue weighted by atomic mass is 19.4. The number of alkyl halides is 3. The second-order valence-electron chi connectivity index (χ2n) is 10.5. The van der Waals surface area contributed by atoms with Gasteiger partial charge in [0.25, 0.3) is 0 Å². The van der Waals surface area contributed by atoms with Crippen LogP contribution in [0.4, 0.5) is 33.7 Å². The molecule has 2 saturated heterocycles. The molecular formula is C30H27F5N6O. The van der Waals surface area contributed by atoms with Gasteiger partial charge < -0.3 is 19.9 Å². The summed E-state index contributed by atoms with van der Waals surface area (Å²) >= 11 is 0. The number of likely N-dealkylation sites (N-methyl/N-ethyl adjacent to an activating group) is 1. The Balaban J connectivity index is 1.59. The molecule has 4 aromatic rings. The van der Waals surface area contributed by atoms with Crippen molar-refractivity contribution in [3.05, 3.63) is 53.2 Å². The molecule has 0 spiro atoms. The van der Waals surface area contributed by atoms with E-state index in [9.17, 15) is 17.6 Å². The molecule has 2 aliphatic rings. The van der Waals surface area contributed by atoms with Gasteiger partial charge in [0.2, 0.25) is 5.95 Å². The third kappa shape index (κ3) is 5.07. The van der Waals surface area contributed by atoms with Crippen molar-refractivity contribution in [3.8, 4) is 23.6 Å². The van der Waals surface area contributed by atoms with Crippen LogP contribution < -0.4 is 15.1 Å². The van der Waals surface area contributed by atoms with Crippen LogP contribution >= 0.6 is 0 Å². The molecule has 0 saturated carbocycles. The fraction of sp³-hybridized carbons (Fsp3) is 0.367. The van der Waals surface area contributed by atoms with Crippen molar-refractivity contribution in [2.45, 2.75) is 25.1 Å². The summed E-state index contributed by atoms with van der Waals surface area (Å²) in [6.45, 7) is 3.37. The first-order chi connectivity index (χ1) is 20.2. The Hall–Kier alpha value is -4.08. The van der Waals surface area contributed by atoms with E-state index in [2.05, 4.69) is 21.2 Å². The average Bonchev–Trinajstić information content (AvgIpc) is 3.49. The highest BCUT2D eigenvalue weighted by Gasteiger charge is 2.33. The fourth-order valence-electron chi connectivity index (χ4n) is 5.68. The smallest absolute Gasteiger partial charge is 0.378 e.